The smallest absolute Gasteiger partial charge is 0.165 e. The molecule has 4 aromatic rings. The van der Waals surface area contributed by atoms with Crippen molar-refractivity contribution < 1.29 is 5.11 Å². The number of aliphatic hydroxyl groups is 1. The number of aromatic nitrogens is 5. The molecule has 0 saturated carbocycles. The van der Waals surface area contributed by atoms with Crippen molar-refractivity contribution in [3.63, 3.8) is 0 Å². The summed E-state index contributed by atoms with van der Waals surface area (Å²) in [6, 6.07) is 13.7. The van der Waals surface area contributed by atoms with Crippen molar-refractivity contribution in [2.24, 2.45) is 0 Å². The van der Waals surface area contributed by atoms with E-state index in [2.05, 4.69) is 46.0 Å². The summed E-state index contributed by atoms with van der Waals surface area (Å²) in [4.78, 5) is 15.3. The van der Waals surface area contributed by atoms with Gasteiger partial charge in [-0.15, -0.1) is 10.2 Å². The molecule has 0 amide bonds. The molecule has 1 aliphatic heterocycles. The van der Waals surface area contributed by atoms with Crippen LogP contribution in [-0.2, 0) is 0 Å². The predicted octanol–water partition coefficient (Wildman–Crippen LogP) is 3.45. The van der Waals surface area contributed by atoms with E-state index >= 15 is 0 Å². The minimum Gasteiger partial charge on any atom is -0.393 e. The number of nitrogens with two attached hydrogens (primary N) is 1. The van der Waals surface area contributed by atoms with Gasteiger partial charge in [-0.25, -0.2) is 15.0 Å². The number of hydrogen-bond acceptors (Lipinski definition) is 8. The number of halogens is 1. The van der Waals surface area contributed by atoms with Crippen LogP contribution in [0.3, 0.4) is 0 Å². The van der Waals surface area contributed by atoms with Crippen LogP contribution >= 0.6 is 15.9 Å². The molecule has 0 atom stereocenters. The Morgan fingerprint density at radius 3 is 2.52 bits per heavy atom. The number of nitrogens with zero attached hydrogens (tertiary/aromatic N) is 6. The molecule has 0 radical (unpaired) electrons. The number of pyridine rings is 1. The topological polar surface area (TPSA) is 114 Å². The van der Waals surface area contributed by atoms with Crippen molar-refractivity contribution in [2.75, 3.05) is 23.7 Å². The molecule has 0 aliphatic carbocycles. The predicted molar refractivity (Wildman–Crippen MR) is 123 cm³/mol. The number of hydrogen-bond donors (Lipinski definition) is 2. The van der Waals surface area contributed by atoms with Gasteiger partial charge in [-0.2, -0.15) is 0 Å². The Labute approximate surface area is 187 Å². The second-order valence-electron chi connectivity index (χ2n) is 7.49. The summed E-state index contributed by atoms with van der Waals surface area (Å²) in [5, 5.41) is 19.3. The summed E-state index contributed by atoms with van der Waals surface area (Å²) in [5.41, 5.74) is 9.84. The van der Waals surface area contributed by atoms with Crippen molar-refractivity contribution in [1.29, 1.82) is 0 Å². The lowest BCUT2D eigenvalue weighted by Gasteiger charge is -2.30. The van der Waals surface area contributed by atoms with Gasteiger partial charge in [-0.05, 0) is 48.2 Å². The first-order valence-corrected chi connectivity index (χ1v) is 10.8. The van der Waals surface area contributed by atoms with E-state index in [0.29, 0.717) is 28.2 Å². The second-order valence-corrected chi connectivity index (χ2v) is 8.34. The zero-order chi connectivity index (χ0) is 21.4. The summed E-state index contributed by atoms with van der Waals surface area (Å²) in [6.07, 6.45) is 2.67. The highest BCUT2D eigenvalue weighted by Gasteiger charge is 2.19. The number of benzene rings is 1. The van der Waals surface area contributed by atoms with Gasteiger partial charge in [-0.3, -0.25) is 0 Å². The Balaban J connectivity index is 1.59. The fourth-order valence-corrected chi connectivity index (χ4v) is 4.33. The molecule has 1 fully saturated rings. The highest BCUT2D eigenvalue weighted by Crippen LogP contribution is 2.36. The van der Waals surface area contributed by atoms with Crippen LogP contribution in [0.4, 0.5) is 11.6 Å². The van der Waals surface area contributed by atoms with Gasteiger partial charge >= 0.3 is 0 Å². The zero-order valence-corrected chi connectivity index (χ0v) is 18.2. The first kappa shape index (κ1) is 19.8. The lowest BCUT2D eigenvalue weighted by atomic mass is 10.0. The SMILES string of the molecule is Nc1ncnc2nc(-c3ccc(N4CCC(O)CC4)nn3)cc(-c3ccccc3Br)c12. The molecular formula is C22H20BrN7O. The molecule has 5 rings (SSSR count). The molecule has 31 heavy (non-hydrogen) atoms. The Hall–Kier alpha value is -3.17. The molecule has 3 aromatic heterocycles. The average Bonchev–Trinajstić information content (AvgIpc) is 2.80. The van der Waals surface area contributed by atoms with Crippen molar-refractivity contribution in [3.05, 3.63) is 53.3 Å². The highest BCUT2D eigenvalue weighted by atomic mass is 79.9. The van der Waals surface area contributed by atoms with E-state index in [1.165, 1.54) is 6.33 Å². The normalized spacial score (nSPS) is 14.8. The Morgan fingerprint density at radius 1 is 0.968 bits per heavy atom. The van der Waals surface area contributed by atoms with Gasteiger partial charge in [0.1, 0.15) is 17.8 Å². The molecule has 0 spiro atoms. The van der Waals surface area contributed by atoms with E-state index < -0.39 is 0 Å². The molecule has 1 saturated heterocycles. The number of piperidine rings is 1. The third-order valence-electron chi connectivity index (χ3n) is 5.50. The first-order chi connectivity index (χ1) is 15.1. The van der Waals surface area contributed by atoms with E-state index in [9.17, 15) is 5.11 Å². The standard InChI is InChI=1S/C22H20BrN7O/c23-16-4-2-1-3-14(16)15-11-18(27-22-20(15)21(24)25-12-26-22)17-5-6-19(29-28-17)30-9-7-13(31)8-10-30/h1-6,11-13,31H,7-10H2,(H2,24,25,26,27). The van der Waals surface area contributed by atoms with Crippen LogP contribution in [0.2, 0.25) is 0 Å². The van der Waals surface area contributed by atoms with E-state index in [0.717, 1.165) is 47.3 Å². The van der Waals surface area contributed by atoms with Crippen LogP contribution in [0.5, 0.6) is 0 Å². The monoisotopic (exact) mass is 477 g/mol. The molecule has 0 unspecified atom stereocenters. The molecule has 9 heteroatoms. The maximum absolute atomic E-state index is 9.72. The lowest BCUT2D eigenvalue weighted by molar-refractivity contribution is 0.145. The molecular weight excluding hydrogens is 458 g/mol. The van der Waals surface area contributed by atoms with Crippen molar-refractivity contribution in [1.82, 2.24) is 25.1 Å². The van der Waals surface area contributed by atoms with Crippen LogP contribution in [0, 0.1) is 0 Å². The fourth-order valence-electron chi connectivity index (χ4n) is 3.84. The fraction of sp³-hybridized carbons (Fsp3) is 0.227. The summed E-state index contributed by atoms with van der Waals surface area (Å²) < 4.78 is 0.936. The largest absolute Gasteiger partial charge is 0.393 e. The van der Waals surface area contributed by atoms with E-state index in [1.54, 1.807) is 0 Å². The van der Waals surface area contributed by atoms with Gasteiger partial charge in [0.05, 0.1) is 17.2 Å². The van der Waals surface area contributed by atoms with Crippen molar-refractivity contribution >= 4 is 38.6 Å². The molecule has 3 N–H and O–H groups in total. The molecule has 8 nitrogen and oxygen atoms in total. The minimum absolute atomic E-state index is 0.226. The van der Waals surface area contributed by atoms with E-state index in [-0.39, 0.29) is 6.10 Å². The van der Waals surface area contributed by atoms with E-state index in [4.69, 9.17) is 5.73 Å². The summed E-state index contributed by atoms with van der Waals surface area (Å²) in [6.45, 7) is 1.54. The molecule has 1 aliphatic rings. The molecule has 0 bridgehead atoms. The number of aliphatic hydroxyl groups excluding tert-OH is 1. The third kappa shape index (κ3) is 3.82. The maximum atomic E-state index is 9.72. The summed E-state index contributed by atoms with van der Waals surface area (Å²) in [5.74, 6) is 1.18. The zero-order valence-electron chi connectivity index (χ0n) is 16.6. The van der Waals surface area contributed by atoms with Crippen LogP contribution in [0.25, 0.3) is 33.5 Å². The first-order valence-electron chi connectivity index (χ1n) is 10.0. The second kappa shape index (κ2) is 8.16. The van der Waals surface area contributed by atoms with Crippen molar-refractivity contribution in [3.8, 4) is 22.5 Å². The van der Waals surface area contributed by atoms with E-state index in [1.807, 2.05) is 42.5 Å². The van der Waals surface area contributed by atoms with Gasteiger partial charge in [0.25, 0.3) is 0 Å². The number of nitrogen functional groups attached to an aromatic ring is 1. The Morgan fingerprint density at radius 2 is 1.77 bits per heavy atom. The number of rotatable bonds is 3. The van der Waals surface area contributed by atoms with Gasteiger partial charge in [0, 0.05) is 17.6 Å². The van der Waals surface area contributed by atoms with Crippen molar-refractivity contribution in [2.45, 2.75) is 18.9 Å². The van der Waals surface area contributed by atoms with Gasteiger partial charge in [0.2, 0.25) is 0 Å². The molecule has 156 valence electrons. The quantitative estimate of drug-likeness (QED) is 0.460. The average molecular weight is 478 g/mol. The minimum atomic E-state index is -0.226. The lowest BCUT2D eigenvalue weighted by Crippen LogP contribution is -2.36. The van der Waals surface area contributed by atoms with Gasteiger partial charge in [0.15, 0.2) is 11.5 Å². The summed E-state index contributed by atoms with van der Waals surface area (Å²) >= 11 is 3.63. The van der Waals surface area contributed by atoms with Gasteiger partial charge in [-0.1, -0.05) is 34.1 Å². The van der Waals surface area contributed by atoms with Crippen LogP contribution < -0.4 is 10.6 Å². The van der Waals surface area contributed by atoms with Crippen LogP contribution in [-0.4, -0.2) is 49.4 Å². The number of fused-ring (bicyclic) bond motifs is 1. The highest BCUT2D eigenvalue weighted by molar-refractivity contribution is 9.10. The Kier molecular flexibility index (Phi) is 5.21. The molecule has 1 aromatic carbocycles. The molecule has 4 heterocycles. The third-order valence-corrected chi connectivity index (χ3v) is 6.19. The summed E-state index contributed by atoms with van der Waals surface area (Å²) in [7, 11) is 0. The van der Waals surface area contributed by atoms with Gasteiger partial charge < -0.3 is 15.7 Å². The van der Waals surface area contributed by atoms with Crippen LogP contribution in [0.1, 0.15) is 12.8 Å². The Bertz CT molecular complexity index is 1240. The number of anilines is 2. The van der Waals surface area contributed by atoms with Crippen LogP contribution in [0.15, 0.2) is 53.3 Å². The maximum Gasteiger partial charge on any atom is 0.165 e.